The standard InChI is InChI=1S/C19H25N5O/c20-11-19(7-1-2-8-19)18(25)24-9-14(12-3-4-12)15(10-24)17-21-16(22-23-17)13-5-6-13/h12-15H,1-10H2,(H,21,22,23)/t14-,15+/m1/s1. The fourth-order valence-corrected chi connectivity index (χ4v) is 4.92. The Morgan fingerprint density at radius 3 is 2.60 bits per heavy atom. The van der Waals surface area contributed by atoms with E-state index < -0.39 is 5.41 Å². The molecule has 1 saturated heterocycles. The van der Waals surface area contributed by atoms with Gasteiger partial charge in [0.15, 0.2) is 5.82 Å². The first-order valence-electron chi connectivity index (χ1n) is 9.83. The fraction of sp³-hybridized carbons (Fsp3) is 0.789. The number of nitriles is 1. The van der Waals surface area contributed by atoms with Crippen molar-refractivity contribution in [3.8, 4) is 6.07 Å². The Hall–Kier alpha value is -1.90. The summed E-state index contributed by atoms with van der Waals surface area (Å²) in [5.41, 5.74) is -0.760. The first-order chi connectivity index (χ1) is 12.2. The van der Waals surface area contributed by atoms with Crippen molar-refractivity contribution >= 4 is 5.91 Å². The van der Waals surface area contributed by atoms with Gasteiger partial charge in [-0.3, -0.25) is 9.89 Å². The number of hydrogen-bond acceptors (Lipinski definition) is 4. The molecule has 132 valence electrons. The lowest BCUT2D eigenvalue weighted by Gasteiger charge is -2.26. The van der Waals surface area contributed by atoms with E-state index in [1.165, 1.54) is 25.7 Å². The van der Waals surface area contributed by atoms with E-state index in [1.807, 2.05) is 4.90 Å². The van der Waals surface area contributed by atoms with E-state index in [4.69, 9.17) is 4.98 Å². The zero-order chi connectivity index (χ0) is 17.0. The van der Waals surface area contributed by atoms with Gasteiger partial charge in [-0.1, -0.05) is 12.8 Å². The topological polar surface area (TPSA) is 85.7 Å². The third-order valence-electron chi connectivity index (χ3n) is 6.77. The Balaban J connectivity index is 1.38. The molecule has 4 aliphatic rings. The molecule has 5 rings (SSSR count). The molecule has 6 heteroatoms. The number of H-pyrrole nitrogens is 1. The average molecular weight is 339 g/mol. The van der Waals surface area contributed by atoms with Crippen LogP contribution < -0.4 is 0 Å². The lowest BCUT2D eigenvalue weighted by molar-refractivity contribution is -0.137. The monoisotopic (exact) mass is 339 g/mol. The Kier molecular flexibility index (Phi) is 3.41. The summed E-state index contributed by atoms with van der Waals surface area (Å²) in [7, 11) is 0. The molecular formula is C19H25N5O. The van der Waals surface area contributed by atoms with Gasteiger partial charge in [0.1, 0.15) is 11.2 Å². The first-order valence-corrected chi connectivity index (χ1v) is 9.83. The summed E-state index contributed by atoms with van der Waals surface area (Å²) < 4.78 is 0. The van der Waals surface area contributed by atoms with Crippen molar-refractivity contribution in [1.82, 2.24) is 20.1 Å². The Labute approximate surface area is 148 Å². The number of hydrogen-bond donors (Lipinski definition) is 1. The molecule has 3 saturated carbocycles. The summed E-state index contributed by atoms with van der Waals surface area (Å²) in [6, 6.07) is 2.37. The second-order valence-electron chi connectivity index (χ2n) is 8.57. The van der Waals surface area contributed by atoms with Crippen LogP contribution >= 0.6 is 0 Å². The SMILES string of the molecule is N#CC1(C(=O)N2C[C@H](c3nc(C4CC4)n[nH]3)[C@@H](C3CC3)C2)CCCC1. The second-order valence-corrected chi connectivity index (χ2v) is 8.57. The summed E-state index contributed by atoms with van der Waals surface area (Å²) in [6.45, 7) is 1.49. The highest BCUT2D eigenvalue weighted by molar-refractivity contribution is 5.86. The predicted molar refractivity (Wildman–Crippen MR) is 90.4 cm³/mol. The van der Waals surface area contributed by atoms with E-state index >= 15 is 0 Å². The predicted octanol–water partition coefficient (Wildman–Crippen LogP) is 2.72. The van der Waals surface area contributed by atoms with Gasteiger partial charge in [0.2, 0.25) is 5.91 Å². The average Bonchev–Trinajstić information content (AvgIpc) is 3.51. The zero-order valence-electron chi connectivity index (χ0n) is 14.6. The van der Waals surface area contributed by atoms with Crippen LogP contribution in [0.4, 0.5) is 0 Å². The summed E-state index contributed by atoms with van der Waals surface area (Å²) >= 11 is 0. The quantitative estimate of drug-likeness (QED) is 0.914. The molecule has 25 heavy (non-hydrogen) atoms. The Morgan fingerprint density at radius 2 is 1.96 bits per heavy atom. The summed E-state index contributed by atoms with van der Waals surface area (Å²) in [5, 5.41) is 17.3. The smallest absolute Gasteiger partial charge is 0.243 e. The van der Waals surface area contributed by atoms with Crippen LogP contribution in [0.3, 0.4) is 0 Å². The molecule has 1 N–H and O–H groups in total. The van der Waals surface area contributed by atoms with Gasteiger partial charge in [-0.05, 0) is 50.4 Å². The molecule has 2 atom stereocenters. The highest BCUT2D eigenvalue weighted by Gasteiger charge is 2.51. The van der Waals surface area contributed by atoms with Crippen LogP contribution in [0.2, 0.25) is 0 Å². The van der Waals surface area contributed by atoms with Gasteiger partial charge < -0.3 is 4.90 Å². The fourth-order valence-electron chi connectivity index (χ4n) is 4.92. The summed E-state index contributed by atoms with van der Waals surface area (Å²) in [4.78, 5) is 19.9. The minimum atomic E-state index is -0.760. The number of nitrogens with one attached hydrogen (secondary N) is 1. The molecule has 1 aliphatic heterocycles. The molecule has 0 aromatic carbocycles. The van der Waals surface area contributed by atoms with Crippen LogP contribution in [0.25, 0.3) is 0 Å². The largest absolute Gasteiger partial charge is 0.340 e. The lowest BCUT2D eigenvalue weighted by atomic mass is 9.86. The van der Waals surface area contributed by atoms with Gasteiger partial charge in [-0.2, -0.15) is 10.4 Å². The molecule has 0 radical (unpaired) electrons. The maximum atomic E-state index is 13.1. The number of aromatic amines is 1. The number of carbonyl (C=O) groups excluding carboxylic acids is 1. The van der Waals surface area contributed by atoms with E-state index in [9.17, 15) is 10.1 Å². The van der Waals surface area contributed by atoms with E-state index in [2.05, 4.69) is 16.3 Å². The molecule has 2 heterocycles. The number of carbonyl (C=O) groups is 1. The maximum Gasteiger partial charge on any atom is 0.243 e. The minimum Gasteiger partial charge on any atom is -0.340 e. The molecule has 1 aromatic heterocycles. The maximum absolute atomic E-state index is 13.1. The molecule has 0 spiro atoms. The molecule has 6 nitrogen and oxygen atoms in total. The first kappa shape index (κ1) is 15.4. The molecule has 0 bridgehead atoms. The molecular weight excluding hydrogens is 314 g/mol. The summed E-state index contributed by atoms with van der Waals surface area (Å²) in [6.07, 6.45) is 8.36. The van der Waals surface area contributed by atoms with Crippen LogP contribution in [-0.2, 0) is 4.79 Å². The second kappa shape index (κ2) is 5.55. The van der Waals surface area contributed by atoms with E-state index in [0.717, 1.165) is 43.9 Å². The third kappa shape index (κ3) is 2.56. The molecule has 1 aromatic rings. The molecule has 4 fully saturated rings. The van der Waals surface area contributed by atoms with Gasteiger partial charge in [-0.25, -0.2) is 4.98 Å². The van der Waals surface area contributed by atoms with Gasteiger partial charge in [0, 0.05) is 24.9 Å². The van der Waals surface area contributed by atoms with Crippen LogP contribution in [0.1, 0.15) is 74.9 Å². The van der Waals surface area contributed by atoms with Crippen LogP contribution in [-0.4, -0.2) is 39.1 Å². The lowest BCUT2D eigenvalue weighted by Crippen LogP contribution is -2.41. The van der Waals surface area contributed by atoms with Crippen molar-refractivity contribution in [2.45, 2.75) is 63.2 Å². The van der Waals surface area contributed by atoms with Crippen molar-refractivity contribution in [3.05, 3.63) is 11.6 Å². The van der Waals surface area contributed by atoms with Crippen molar-refractivity contribution in [3.63, 3.8) is 0 Å². The van der Waals surface area contributed by atoms with Gasteiger partial charge in [-0.15, -0.1) is 0 Å². The normalized spacial score (nSPS) is 31.2. The molecule has 0 unspecified atom stereocenters. The van der Waals surface area contributed by atoms with Gasteiger partial charge in [0.05, 0.1) is 6.07 Å². The van der Waals surface area contributed by atoms with Crippen molar-refractivity contribution in [2.24, 2.45) is 17.3 Å². The minimum absolute atomic E-state index is 0.0718. The molecule has 3 aliphatic carbocycles. The van der Waals surface area contributed by atoms with E-state index in [-0.39, 0.29) is 11.8 Å². The van der Waals surface area contributed by atoms with Crippen LogP contribution in [0.15, 0.2) is 0 Å². The van der Waals surface area contributed by atoms with Crippen LogP contribution in [0, 0.1) is 28.6 Å². The molecule has 1 amide bonds. The Morgan fingerprint density at radius 1 is 1.20 bits per heavy atom. The van der Waals surface area contributed by atoms with Gasteiger partial charge in [0.25, 0.3) is 0 Å². The number of nitrogens with zero attached hydrogens (tertiary/aromatic N) is 4. The third-order valence-corrected chi connectivity index (χ3v) is 6.77. The zero-order valence-corrected chi connectivity index (χ0v) is 14.6. The summed E-state index contributed by atoms with van der Waals surface area (Å²) in [5.74, 6) is 3.98. The number of rotatable bonds is 4. The Bertz CT molecular complexity index is 720. The highest BCUT2D eigenvalue weighted by atomic mass is 16.2. The number of amides is 1. The highest BCUT2D eigenvalue weighted by Crippen LogP contribution is 2.49. The van der Waals surface area contributed by atoms with Crippen LogP contribution in [0.5, 0.6) is 0 Å². The van der Waals surface area contributed by atoms with E-state index in [1.54, 1.807) is 0 Å². The van der Waals surface area contributed by atoms with E-state index in [0.29, 0.717) is 24.3 Å². The van der Waals surface area contributed by atoms with Crippen molar-refractivity contribution in [1.29, 1.82) is 5.26 Å². The van der Waals surface area contributed by atoms with Crippen molar-refractivity contribution < 1.29 is 4.79 Å². The number of aromatic nitrogens is 3. The number of likely N-dealkylation sites (tertiary alicyclic amines) is 1. The van der Waals surface area contributed by atoms with Gasteiger partial charge >= 0.3 is 0 Å². The van der Waals surface area contributed by atoms with Crippen molar-refractivity contribution in [2.75, 3.05) is 13.1 Å².